The van der Waals surface area contributed by atoms with E-state index in [-0.39, 0.29) is 5.41 Å². The summed E-state index contributed by atoms with van der Waals surface area (Å²) in [7, 11) is 0. The lowest BCUT2D eigenvalue weighted by molar-refractivity contribution is 0.0710. The summed E-state index contributed by atoms with van der Waals surface area (Å²) in [6.07, 6.45) is 8.25. The lowest BCUT2D eigenvalue weighted by Crippen LogP contribution is -2.44. The Labute approximate surface area is 126 Å². The molecule has 0 radical (unpaired) electrons. The molecular formula is C18H24N2O. The number of nitrogens with one attached hydrogen (secondary N) is 1. The third-order valence-corrected chi connectivity index (χ3v) is 6.45. The number of phenolic OH excluding ortho intramolecular Hbond substituents is 1. The van der Waals surface area contributed by atoms with E-state index in [1.54, 1.807) is 0 Å². The highest BCUT2D eigenvalue weighted by molar-refractivity contribution is 5.40. The van der Waals surface area contributed by atoms with E-state index in [0.717, 1.165) is 18.8 Å². The largest absolute Gasteiger partial charge is 0.508 e. The Balaban J connectivity index is 1.69. The zero-order valence-electron chi connectivity index (χ0n) is 12.6. The molecule has 1 aromatic carbocycles. The van der Waals surface area contributed by atoms with Crippen LogP contribution in [0.2, 0.25) is 0 Å². The second-order valence-electron chi connectivity index (χ2n) is 7.25. The molecule has 4 atom stereocenters. The van der Waals surface area contributed by atoms with Gasteiger partial charge in [0.2, 0.25) is 0 Å². The first-order chi connectivity index (χ1) is 10.1. The lowest BCUT2D eigenvalue weighted by atomic mass is 9.55. The van der Waals surface area contributed by atoms with Crippen LogP contribution in [0.5, 0.6) is 5.75 Å². The summed E-state index contributed by atoms with van der Waals surface area (Å²) in [4.78, 5) is 0. The van der Waals surface area contributed by atoms with Crippen LogP contribution in [-0.2, 0) is 6.42 Å². The molecular weight excluding hydrogens is 260 g/mol. The summed E-state index contributed by atoms with van der Waals surface area (Å²) in [6.45, 7) is 2.39. The molecule has 1 fully saturated rings. The van der Waals surface area contributed by atoms with Crippen LogP contribution in [0.15, 0.2) is 30.0 Å². The SMILES string of the molecule is C[C@]12CCC3c4ccc(O)cc4CCC3C1CC=C2NN. The third-order valence-electron chi connectivity index (χ3n) is 6.45. The molecule has 3 aliphatic carbocycles. The van der Waals surface area contributed by atoms with Crippen LogP contribution in [0.25, 0.3) is 0 Å². The zero-order valence-corrected chi connectivity index (χ0v) is 12.6. The quantitative estimate of drug-likeness (QED) is 0.548. The molecule has 0 aliphatic heterocycles. The molecule has 3 nitrogen and oxygen atoms in total. The Hall–Kier alpha value is -1.48. The van der Waals surface area contributed by atoms with Crippen LogP contribution in [0.1, 0.15) is 49.7 Å². The maximum absolute atomic E-state index is 9.71. The van der Waals surface area contributed by atoms with Crippen molar-refractivity contribution < 1.29 is 5.11 Å². The number of hydrazine groups is 1. The molecule has 0 bridgehead atoms. The van der Waals surface area contributed by atoms with Gasteiger partial charge in [0.15, 0.2) is 0 Å². The van der Waals surface area contributed by atoms with Crippen molar-refractivity contribution in [2.24, 2.45) is 23.1 Å². The maximum atomic E-state index is 9.71. The number of allylic oxidation sites excluding steroid dienone is 2. The standard InChI is InChI=1S/C18H24N2O/c1-18-9-8-14-13-5-3-12(21)10-11(13)2-4-15(14)16(18)6-7-17(18)20-19/h3,5,7,10,14-16,20-21H,2,4,6,8-9,19H2,1H3/t14?,15?,16?,18-/m0/s1. The predicted octanol–water partition coefficient (Wildman–Crippen LogP) is 3.21. The summed E-state index contributed by atoms with van der Waals surface area (Å²) >= 11 is 0. The van der Waals surface area contributed by atoms with Gasteiger partial charge in [0.05, 0.1) is 0 Å². The van der Waals surface area contributed by atoms with Crippen molar-refractivity contribution in [2.45, 2.75) is 44.9 Å². The average molecular weight is 284 g/mol. The number of rotatable bonds is 1. The fourth-order valence-electron chi connectivity index (χ4n) is 5.36. The Morgan fingerprint density at radius 2 is 2.19 bits per heavy atom. The highest BCUT2D eigenvalue weighted by Crippen LogP contribution is 2.60. The first kappa shape index (κ1) is 13.2. The van der Waals surface area contributed by atoms with Gasteiger partial charge in [0.1, 0.15) is 5.75 Å². The summed E-state index contributed by atoms with van der Waals surface area (Å²) < 4.78 is 0. The maximum Gasteiger partial charge on any atom is 0.115 e. The summed E-state index contributed by atoms with van der Waals surface area (Å²) in [6, 6.07) is 5.99. The summed E-state index contributed by atoms with van der Waals surface area (Å²) in [5, 5.41) is 9.71. The molecule has 0 amide bonds. The zero-order chi connectivity index (χ0) is 14.6. The molecule has 1 aromatic rings. The van der Waals surface area contributed by atoms with Crippen molar-refractivity contribution in [1.29, 1.82) is 0 Å². The minimum Gasteiger partial charge on any atom is -0.508 e. The molecule has 4 rings (SSSR count). The molecule has 4 N–H and O–H groups in total. The molecule has 3 aliphatic rings. The first-order valence-corrected chi connectivity index (χ1v) is 8.12. The van der Waals surface area contributed by atoms with Gasteiger partial charge in [0.25, 0.3) is 0 Å². The molecule has 112 valence electrons. The van der Waals surface area contributed by atoms with Gasteiger partial charge in [-0.25, -0.2) is 0 Å². The van der Waals surface area contributed by atoms with Gasteiger partial charge in [0, 0.05) is 11.1 Å². The van der Waals surface area contributed by atoms with Crippen LogP contribution < -0.4 is 11.3 Å². The van der Waals surface area contributed by atoms with Crippen molar-refractivity contribution >= 4 is 0 Å². The lowest BCUT2D eigenvalue weighted by Gasteiger charge is -2.50. The smallest absolute Gasteiger partial charge is 0.115 e. The van der Waals surface area contributed by atoms with Crippen LogP contribution in [0.4, 0.5) is 0 Å². The number of hydrogen-bond acceptors (Lipinski definition) is 3. The van der Waals surface area contributed by atoms with Crippen LogP contribution in [0, 0.1) is 17.3 Å². The van der Waals surface area contributed by atoms with Crippen LogP contribution in [0.3, 0.4) is 0 Å². The molecule has 21 heavy (non-hydrogen) atoms. The highest BCUT2D eigenvalue weighted by atomic mass is 16.3. The molecule has 0 spiro atoms. The third kappa shape index (κ3) is 1.76. The summed E-state index contributed by atoms with van der Waals surface area (Å²) in [5.41, 5.74) is 7.30. The molecule has 3 unspecified atom stereocenters. The number of aromatic hydroxyl groups is 1. The number of aryl methyl sites for hydroxylation is 1. The van der Waals surface area contributed by atoms with Crippen molar-refractivity contribution in [3.63, 3.8) is 0 Å². The van der Waals surface area contributed by atoms with Gasteiger partial charge in [-0.3, -0.25) is 5.84 Å². The topological polar surface area (TPSA) is 58.3 Å². The molecule has 3 heteroatoms. The minimum atomic E-state index is 0.240. The Bertz CT molecular complexity index is 609. The number of benzene rings is 1. The van der Waals surface area contributed by atoms with Crippen molar-refractivity contribution in [3.05, 3.63) is 41.1 Å². The fourth-order valence-corrected chi connectivity index (χ4v) is 5.36. The molecule has 0 saturated heterocycles. The van der Waals surface area contributed by atoms with Crippen LogP contribution in [-0.4, -0.2) is 5.11 Å². The fraction of sp³-hybridized carbons (Fsp3) is 0.556. The average Bonchev–Trinajstić information content (AvgIpc) is 2.83. The van der Waals surface area contributed by atoms with E-state index in [1.807, 2.05) is 12.1 Å². The van der Waals surface area contributed by atoms with E-state index in [1.165, 1.54) is 36.1 Å². The van der Waals surface area contributed by atoms with E-state index in [4.69, 9.17) is 5.84 Å². The van der Waals surface area contributed by atoms with Gasteiger partial charge in [-0.15, -0.1) is 0 Å². The van der Waals surface area contributed by atoms with E-state index >= 15 is 0 Å². The molecule has 0 heterocycles. The summed E-state index contributed by atoms with van der Waals surface area (Å²) in [5.74, 6) is 8.28. The van der Waals surface area contributed by atoms with Crippen molar-refractivity contribution in [2.75, 3.05) is 0 Å². The normalized spacial score (nSPS) is 37.2. The molecule has 1 saturated carbocycles. The second kappa shape index (κ2) is 4.51. The first-order valence-electron chi connectivity index (χ1n) is 8.12. The Kier molecular flexibility index (Phi) is 2.83. The van der Waals surface area contributed by atoms with Gasteiger partial charge in [-0.1, -0.05) is 19.1 Å². The Morgan fingerprint density at radius 3 is 3.00 bits per heavy atom. The molecule has 0 aromatic heterocycles. The van der Waals surface area contributed by atoms with E-state index in [9.17, 15) is 5.11 Å². The van der Waals surface area contributed by atoms with Gasteiger partial charge in [-0.2, -0.15) is 0 Å². The monoisotopic (exact) mass is 284 g/mol. The van der Waals surface area contributed by atoms with Crippen molar-refractivity contribution in [1.82, 2.24) is 5.43 Å². The van der Waals surface area contributed by atoms with E-state index < -0.39 is 0 Å². The number of nitrogens with two attached hydrogens (primary N) is 1. The van der Waals surface area contributed by atoms with E-state index in [0.29, 0.717) is 17.6 Å². The minimum absolute atomic E-state index is 0.240. The van der Waals surface area contributed by atoms with E-state index in [2.05, 4.69) is 24.5 Å². The number of phenols is 1. The van der Waals surface area contributed by atoms with Gasteiger partial charge >= 0.3 is 0 Å². The van der Waals surface area contributed by atoms with Crippen LogP contribution >= 0.6 is 0 Å². The van der Waals surface area contributed by atoms with Crippen molar-refractivity contribution in [3.8, 4) is 5.75 Å². The van der Waals surface area contributed by atoms with Gasteiger partial charge in [-0.05, 0) is 73.1 Å². The highest BCUT2D eigenvalue weighted by Gasteiger charge is 2.51. The number of fused-ring (bicyclic) bond motifs is 5. The Morgan fingerprint density at radius 1 is 1.33 bits per heavy atom. The van der Waals surface area contributed by atoms with Gasteiger partial charge < -0.3 is 10.5 Å². The second-order valence-corrected chi connectivity index (χ2v) is 7.25. The number of hydrogen-bond donors (Lipinski definition) is 3. The predicted molar refractivity (Wildman–Crippen MR) is 83.5 cm³/mol.